The Labute approximate surface area is 137 Å². The Bertz CT molecular complexity index is 1050. The molecule has 3 rings (SSSR count). The molecular formula is C17H14N4O3. The number of rotatable bonds is 3. The Morgan fingerprint density at radius 1 is 1.29 bits per heavy atom. The monoisotopic (exact) mass is 322 g/mol. The largest absolute Gasteiger partial charge is 0.463 e. The van der Waals surface area contributed by atoms with Gasteiger partial charge in [0, 0.05) is 6.92 Å². The second-order valence-corrected chi connectivity index (χ2v) is 5.35. The Balaban J connectivity index is 1.93. The zero-order valence-corrected chi connectivity index (χ0v) is 13.4. The zero-order valence-electron chi connectivity index (χ0n) is 13.4. The Kier molecular flexibility index (Phi) is 3.88. The van der Waals surface area contributed by atoms with E-state index in [1.54, 1.807) is 13.0 Å². The maximum Gasteiger partial charge on any atom is 0.252 e. The van der Waals surface area contributed by atoms with Crippen LogP contribution in [0.3, 0.4) is 0 Å². The number of anilines is 1. The van der Waals surface area contributed by atoms with E-state index in [4.69, 9.17) is 14.1 Å². The fraction of sp³-hybridized carbons (Fsp3) is 0.176. The lowest BCUT2D eigenvalue weighted by Gasteiger charge is -2.03. The van der Waals surface area contributed by atoms with Gasteiger partial charge >= 0.3 is 0 Å². The highest BCUT2D eigenvalue weighted by Gasteiger charge is 2.10. The lowest BCUT2D eigenvalue weighted by atomic mass is 10.1. The van der Waals surface area contributed by atoms with Crippen molar-refractivity contribution in [3.63, 3.8) is 0 Å². The third kappa shape index (κ3) is 2.77. The summed E-state index contributed by atoms with van der Waals surface area (Å²) >= 11 is 0. The Morgan fingerprint density at radius 3 is 2.79 bits per heavy atom. The molecule has 0 unspecified atom stereocenters. The first-order valence-corrected chi connectivity index (χ1v) is 7.19. The van der Waals surface area contributed by atoms with Crippen LogP contribution < -0.4 is 10.9 Å². The minimum atomic E-state index is -0.181. The molecular weight excluding hydrogens is 308 g/mol. The van der Waals surface area contributed by atoms with Crippen LogP contribution in [-0.4, -0.2) is 11.2 Å². The Morgan fingerprint density at radius 2 is 2.04 bits per heavy atom. The predicted molar refractivity (Wildman–Crippen MR) is 89.1 cm³/mol. The highest BCUT2D eigenvalue weighted by Crippen LogP contribution is 2.17. The number of oxazole rings is 1. The average Bonchev–Trinajstić information content (AvgIpc) is 2.91. The number of nitrogens with one attached hydrogen (secondary N) is 1. The second kappa shape index (κ2) is 6.01. The molecule has 3 aromatic rings. The highest BCUT2D eigenvalue weighted by atomic mass is 16.4. The SMILES string of the molecule is Cc1nc(C#N)c(NN=Cc2coc3cc(C)c(C)cc3c2=O)o1. The van der Waals surface area contributed by atoms with Gasteiger partial charge in [-0.15, -0.1) is 0 Å². The molecule has 0 radical (unpaired) electrons. The van der Waals surface area contributed by atoms with E-state index < -0.39 is 0 Å². The van der Waals surface area contributed by atoms with Crippen LogP contribution in [0.4, 0.5) is 5.88 Å². The van der Waals surface area contributed by atoms with Crippen molar-refractivity contribution >= 4 is 23.1 Å². The number of hydrogen-bond donors (Lipinski definition) is 1. The number of fused-ring (bicyclic) bond motifs is 1. The molecule has 0 fully saturated rings. The first kappa shape index (κ1) is 15.5. The zero-order chi connectivity index (χ0) is 17.3. The van der Waals surface area contributed by atoms with Crippen molar-refractivity contribution in [2.75, 3.05) is 5.43 Å². The summed E-state index contributed by atoms with van der Waals surface area (Å²) in [5.74, 6) is 0.475. The van der Waals surface area contributed by atoms with Crippen molar-refractivity contribution < 1.29 is 8.83 Å². The first-order chi connectivity index (χ1) is 11.5. The molecule has 0 bridgehead atoms. The summed E-state index contributed by atoms with van der Waals surface area (Å²) in [7, 11) is 0. The Hall–Kier alpha value is -3.40. The molecule has 0 aliphatic carbocycles. The topological polar surface area (TPSA) is 104 Å². The van der Waals surface area contributed by atoms with Gasteiger partial charge in [-0.2, -0.15) is 10.4 Å². The van der Waals surface area contributed by atoms with Gasteiger partial charge in [-0.25, -0.2) is 10.4 Å². The molecule has 1 N–H and O–H groups in total. The maximum atomic E-state index is 12.5. The standard InChI is InChI=1S/C17H14N4O3/c1-9-4-13-15(5-10(9)2)23-8-12(16(13)22)7-19-21-17-14(6-18)20-11(3)24-17/h4-5,7-8,21H,1-3H3. The van der Waals surface area contributed by atoms with Crippen molar-refractivity contribution in [3.8, 4) is 6.07 Å². The highest BCUT2D eigenvalue weighted by molar-refractivity contribution is 5.87. The molecule has 7 heteroatoms. The number of hydrogen-bond acceptors (Lipinski definition) is 7. The van der Waals surface area contributed by atoms with Crippen molar-refractivity contribution in [1.29, 1.82) is 5.26 Å². The summed E-state index contributed by atoms with van der Waals surface area (Å²) in [5.41, 5.74) is 5.37. The third-order valence-corrected chi connectivity index (χ3v) is 3.63. The lowest BCUT2D eigenvalue weighted by Crippen LogP contribution is -2.09. The van der Waals surface area contributed by atoms with E-state index in [0.717, 1.165) is 11.1 Å². The summed E-state index contributed by atoms with van der Waals surface area (Å²) in [6, 6.07) is 5.53. The molecule has 7 nitrogen and oxygen atoms in total. The van der Waals surface area contributed by atoms with E-state index in [0.29, 0.717) is 16.9 Å². The molecule has 0 aliphatic heterocycles. The molecule has 1 aromatic carbocycles. The van der Waals surface area contributed by atoms with Gasteiger partial charge in [-0.3, -0.25) is 4.79 Å². The molecule has 0 amide bonds. The van der Waals surface area contributed by atoms with Gasteiger partial charge in [0.1, 0.15) is 17.9 Å². The van der Waals surface area contributed by atoms with Crippen molar-refractivity contribution in [2.24, 2.45) is 5.10 Å². The molecule has 0 saturated carbocycles. The normalized spacial score (nSPS) is 11.1. The van der Waals surface area contributed by atoms with Gasteiger partial charge in [0.2, 0.25) is 11.1 Å². The van der Waals surface area contributed by atoms with Crippen LogP contribution in [0, 0.1) is 32.1 Å². The summed E-state index contributed by atoms with van der Waals surface area (Å²) < 4.78 is 10.7. The summed E-state index contributed by atoms with van der Waals surface area (Å²) in [6.07, 6.45) is 2.67. The quantitative estimate of drug-likeness (QED) is 0.587. The number of nitrogens with zero attached hydrogens (tertiary/aromatic N) is 3. The number of benzene rings is 1. The molecule has 0 aliphatic rings. The number of aryl methyl sites for hydroxylation is 3. The lowest BCUT2D eigenvalue weighted by molar-refractivity contribution is 0.533. The van der Waals surface area contributed by atoms with E-state index in [1.807, 2.05) is 26.0 Å². The molecule has 2 heterocycles. The van der Waals surface area contributed by atoms with Crippen LogP contribution >= 0.6 is 0 Å². The van der Waals surface area contributed by atoms with E-state index >= 15 is 0 Å². The van der Waals surface area contributed by atoms with E-state index in [9.17, 15) is 4.79 Å². The molecule has 0 atom stereocenters. The van der Waals surface area contributed by atoms with Crippen molar-refractivity contribution in [1.82, 2.24) is 4.98 Å². The van der Waals surface area contributed by atoms with Crippen LogP contribution in [0.1, 0.15) is 28.3 Å². The molecule has 24 heavy (non-hydrogen) atoms. The van der Waals surface area contributed by atoms with Gasteiger partial charge < -0.3 is 8.83 Å². The van der Waals surface area contributed by atoms with Crippen LogP contribution in [0.2, 0.25) is 0 Å². The summed E-state index contributed by atoms with van der Waals surface area (Å²) in [6.45, 7) is 5.52. The molecule has 0 saturated heterocycles. The van der Waals surface area contributed by atoms with Gasteiger partial charge in [0.25, 0.3) is 5.88 Å². The molecule has 120 valence electrons. The van der Waals surface area contributed by atoms with E-state index in [1.165, 1.54) is 12.5 Å². The number of nitriles is 1. The smallest absolute Gasteiger partial charge is 0.252 e. The number of hydrazone groups is 1. The first-order valence-electron chi connectivity index (χ1n) is 7.19. The summed E-state index contributed by atoms with van der Waals surface area (Å²) in [4.78, 5) is 16.4. The van der Waals surface area contributed by atoms with Gasteiger partial charge in [0.05, 0.1) is 17.2 Å². The van der Waals surface area contributed by atoms with Crippen molar-refractivity contribution in [2.45, 2.75) is 20.8 Å². The third-order valence-electron chi connectivity index (χ3n) is 3.63. The van der Waals surface area contributed by atoms with Crippen LogP contribution in [-0.2, 0) is 0 Å². The van der Waals surface area contributed by atoms with Crippen LogP contribution in [0.25, 0.3) is 11.0 Å². The fourth-order valence-corrected chi connectivity index (χ4v) is 2.23. The molecule has 2 aromatic heterocycles. The van der Waals surface area contributed by atoms with Gasteiger partial charge in [-0.05, 0) is 37.1 Å². The number of aromatic nitrogens is 1. The maximum absolute atomic E-state index is 12.5. The second-order valence-electron chi connectivity index (χ2n) is 5.35. The average molecular weight is 322 g/mol. The summed E-state index contributed by atoms with van der Waals surface area (Å²) in [5, 5.41) is 13.3. The minimum Gasteiger partial charge on any atom is -0.463 e. The van der Waals surface area contributed by atoms with Gasteiger partial charge in [0.15, 0.2) is 5.89 Å². The molecule has 0 spiro atoms. The van der Waals surface area contributed by atoms with Crippen molar-refractivity contribution in [3.05, 3.63) is 56.9 Å². The fourth-order valence-electron chi connectivity index (χ4n) is 2.23. The van der Waals surface area contributed by atoms with E-state index in [-0.39, 0.29) is 22.6 Å². The predicted octanol–water partition coefficient (Wildman–Crippen LogP) is 3.02. The van der Waals surface area contributed by atoms with Crippen LogP contribution in [0.15, 0.2) is 37.1 Å². The van der Waals surface area contributed by atoms with Gasteiger partial charge in [-0.1, -0.05) is 0 Å². The minimum absolute atomic E-state index is 0.0984. The van der Waals surface area contributed by atoms with Crippen LogP contribution in [0.5, 0.6) is 0 Å². The van der Waals surface area contributed by atoms with E-state index in [2.05, 4.69) is 15.5 Å².